The number of rotatable bonds is 4. The van der Waals surface area contributed by atoms with Gasteiger partial charge in [-0.1, -0.05) is 38.5 Å². The first-order valence-electron chi connectivity index (χ1n) is 6.12. The number of nitrogens with two attached hydrogens (primary N) is 1. The highest BCUT2D eigenvalue weighted by atomic mass is 16.5. The molecule has 1 aliphatic carbocycles. The SMILES string of the molecule is CC(N)C(=O)OCCC1CCCCCC1. The number of carbonyl (C=O) groups is 1. The van der Waals surface area contributed by atoms with Crippen molar-refractivity contribution in [1.82, 2.24) is 0 Å². The second-order valence-electron chi connectivity index (χ2n) is 4.60. The molecule has 0 spiro atoms. The average molecular weight is 213 g/mol. The molecule has 1 saturated carbocycles. The van der Waals surface area contributed by atoms with Crippen LogP contribution in [0.15, 0.2) is 0 Å². The summed E-state index contributed by atoms with van der Waals surface area (Å²) >= 11 is 0. The normalized spacial score (nSPS) is 20.7. The molecule has 1 unspecified atom stereocenters. The van der Waals surface area contributed by atoms with Gasteiger partial charge >= 0.3 is 5.97 Å². The summed E-state index contributed by atoms with van der Waals surface area (Å²) < 4.78 is 5.08. The van der Waals surface area contributed by atoms with E-state index in [9.17, 15) is 4.79 Å². The minimum absolute atomic E-state index is 0.274. The van der Waals surface area contributed by atoms with Crippen molar-refractivity contribution < 1.29 is 9.53 Å². The fourth-order valence-electron chi connectivity index (χ4n) is 2.11. The van der Waals surface area contributed by atoms with Gasteiger partial charge < -0.3 is 10.5 Å². The first-order chi connectivity index (χ1) is 7.20. The van der Waals surface area contributed by atoms with E-state index in [-0.39, 0.29) is 5.97 Å². The fourth-order valence-corrected chi connectivity index (χ4v) is 2.11. The van der Waals surface area contributed by atoms with E-state index >= 15 is 0 Å². The third-order valence-corrected chi connectivity index (χ3v) is 3.12. The molecule has 0 aromatic heterocycles. The van der Waals surface area contributed by atoms with Gasteiger partial charge in [0.15, 0.2) is 0 Å². The van der Waals surface area contributed by atoms with Crippen LogP contribution in [0.25, 0.3) is 0 Å². The maximum Gasteiger partial charge on any atom is 0.322 e. The lowest BCUT2D eigenvalue weighted by Crippen LogP contribution is -2.29. The van der Waals surface area contributed by atoms with Gasteiger partial charge in [0.2, 0.25) is 0 Å². The van der Waals surface area contributed by atoms with Crippen LogP contribution in [0.4, 0.5) is 0 Å². The molecule has 1 atom stereocenters. The molecule has 3 heteroatoms. The average Bonchev–Trinajstić information content (AvgIpc) is 2.46. The summed E-state index contributed by atoms with van der Waals surface area (Å²) in [5, 5.41) is 0. The summed E-state index contributed by atoms with van der Waals surface area (Å²) in [6.07, 6.45) is 9.04. The Morgan fingerprint density at radius 1 is 1.33 bits per heavy atom. The van der Waals surface area contributed by atoms with Crippen molar-refractivity contribution in [2.24, 2.45) is 11.7 Å². The minimum atomic E-state index is -0.487. The fraction of sp³-hybridized carbons (Fsp3) is 0.917. The molecule has 2 N–H and O–H groups in total. The van der Waals surface area contributed by atoms with E-state index in [1.807, 2.05) is 0 Å². The Balaban J connectivity index is 2.10. The molecule has 0 radical (unpaired) electrons. The minimum Gasteiger partial charge on any atom is -0.465 e. The molecule has 3 nitrogen and oxygen atoms in total. The van der Waals surface area contributed by atoms with Crippen LogP contribution in [0.1, 0.15) is 51.9 Å². The predicted molar refractivity (Wildman–Crippen MR) is 60.4 cm³/mol. The topological polar surface area (TPSA) is 52.3 Å². The van der Waals surface area contributed by atoms with Gasteiger partial charge in [-0.25, -0.2) is 0 Å². The lowest BCUT2D eigenvalue weighted by molar-refractivity contribution is -0.145. The summed E-state index contributed by atoms with van der Waals surface area (Å²) in [5.74, 6) is 0.483. The Morgan fingerprint density at radius 3 is 2.47 bits per heavy atom. The Hall–Kier alpha value is -0.570. The van der Waals surface area contributed by atoms with Crippen molar-refractivity contribution in [2.45, 2.75) is 57.9 Å². The van der Waals surface area contributed by atoms with E-state index in [1.165, 1.54) is 38.5 Å². The number of hydrogen-bond acceptors (Lipinski definition) is 3. The number of ether oxygens (including phenoxy) is 1. The highest BCUT2D eigenvalue weighted by molar-refractivity contribution is 5.74. The highest BCUT2D eigenvalue weighted by Gasteiger charge is 2.14. The second-order valence-corrected chi connectivity index (χ2v) is 4.60. The van der Waals surface area contributed by atoms with Gasteiger partial charge in [-0.2, -0.15) is 0 Å². The van der Waals surface area contributed by atoms with Crippen LogP contribution >= 0.6 is 0 Å². The van der Waals surface area contributed by atoms with Crippen LogP contribution in [0.3, 0.4) is 0 Å². The molecule has 15 heavy (non-hydrogen) atoms. The first-order valence-corrected chi connectivity index (χ1v) is 6.12. The maximum absolute atomic E-state index is 11.1. The molecule has 0 aliphatic heterocycles. The quantitative estimate of drug-likeness (QED) is 0.575. The molecule has 0 bridgehead atoms. The predicted octanol–water partition coefficient (Wildman–Crippen LogP) is 2.24. The lowest BCUT2D eigenvalue weighted by Gasteiger charge is -2.14. The third-order valence-electron chi connectivity index (χ3n) is 3.12. The summed E-state index contributed by atoms with van der Waals surface area (Å²) in [5.41, 5.74) is 5.41. The van der Waals surface area contributed by atoms with Crippen LogP contribution in [0, 0.1) is 5.92 Å². The molecule has 0 aromatic rings. The van der Waals surface area contributed by atoms with E-state index in [2.05, 4.69) is 0 Å². The molecule has 88 valence electrons. The first kappa shape index (κ1) is 12.5. The Kier molecular flexibility index (Phi) is 5.69. The largest absolute Gasteiger partial charge is 0.465 e. The molecule has 1 rings (SSSR count). The van der Waals surface area contributed by atoms with Crippen LogP contribution in [-0.4, -0.2) is 18.6 Å². The van der Waals surface area contributed by atoms with Crippen molar-refractivity contribution in [3.8, 4) is 0 Å². The smallest absolute Gasteiger partial charge is 0.322 e. The van der Waals surface area contributed by atoms with Gasteiger partial charge in [-0.15, -0.1) is 0 Å². The van der Waals surface area contributed by atoms with E-state index < -0.39 is 6.04 Å². The number of hydrogen-bond donors (Lipinski definition) is 1. The highest BCUT2D eigenvalue weighted by Crippen LogP contribution is 2.25. The van der Waals surface area contributed by atoms with Gasteiger partial charge in [-0.05, 0) is 19.3 Å². The number of carbonyl (C=O) groups excluding carboxylic acids is 1. The van der Waals surface area contributed by atoms with Crippen molar-refractivity contribution in [3.05, 3.63) is 0 Å². The standard InChI is InChI=1S/C12H23NO2/c1-10(13)12(14)15-9-8-11-6-4-2-3-5-7-11/h10-11H,2-9,13H2,1H3. The zero-order valence-corrected chi connectivity index (χ0v) is 9.71. The van der Waals surface area contributed by atoms with Gasteiger partial charge in [0, 0.05) is 0 Å². The number of esters is 1. The van der Waals surface area contributed by atoms with E-state index in [0.29, 0.717) is 6.61 Å². The Bertz CT molecular complexity index is 184. The Labute approximate surface area is 92.4 Å². The zero-order valence-electron chi connectivity index (χ0n) is 9.71. The third kappa shape index (κ3) is 5.17. The van der Waals surface area contributed by atoms with Crippen LogP contribution in [0.2, 0.25) is 0 Å². The molecule has 1 aliphatic rings. The van der Waals surface area contributed by atoms with E-state index in [1.54, 1.807) is 6.92 Å². The lowest BCUT2D eigenvalue weighted by atomic mass is 9.97. The second kappa shape index (κ2) is 6.83. The monoisotopic (exact) mass is 213 g/mol. The molecule has 0 saturated heterocycles. The maximum atomic E-state index is 11.1. The van der Waals surface area contributed by atoms with Gasteiger partial charge in [0.1, 0.15) is 6.04 Å². The molecule has 1 fully saturated rings. The van der Waals surface area contributed by atoms with E-state index in [0.717, 1.165) is 12.3 Å². The van der Waals surface area contributed by atoms with Crippen LogP contribution in [0.5, 0.6) is 0 Å². The Morgan fingerprint density at radius 2 is 1.93 bits per heavy atom. The van der Waals surface area contributed by atoms with Crippen molar-refractivity contribution in [3.63, 3.8) is 0 Å². The summed E-state index contributed by atoms with van der Waals surface area (Å²) in [7, 11) is 0. The van der Waals surface area contributed by atoms with Crippen molar-refractivity contribution in [2.75, 3.05) is 6.61 Å². The zero-order chi connectivity index (χ0) is 11.1. The summed E-state index contributed by atoms with van der Waals surface area (Å²) in [6.45, 7) is 2.21. The van der Waals surface area contributed by atoms with Crippen LogP contribution < -0.4 is 5.73 Å². The molecule has 0 heterocycles. The van der Waals surface area contributed by atoms with Gasteiger partial charge in [0.05, 0.1) is 6.61 Å². The molecule has 0 aromatic carbocycles. The molecule has 0 amide bonds. The van der Waals surface area contributed by atoms with Gasteiger partial charge in [0.25, 0.3) is 0 Å². The summed E-state index contributed by atoms with van der Waals surface area (Å²) in [4.78, 5) is 11.1. The van der Waals surface area contributed by atoms with Gasteiger partial charge in [-0.3, -0.25) is 4.79 Å². The molecular formula is C12H23NO2. The van der Waals surface area contributed by atoms with E-state index in [4.69, 9.17) is 10.5 Å². The summed E-state index contributed by atoms with van der Waals surface area (Å²) in [6, 6.07) is -0.487. The van der Waals surface area contributed by atoms with Crippen molar-refractivity contribution in [1.29, 1.82) is 0 Å². The molecular weight excluding hydrogens is 190 g/mol. The van der Waals surface area contributed by atoms with Crippen LogP contribution in [-0.2, 0) is 9.53 Å². The van der Waals surface area contributed by atoms with Crippen molar-refractivity contribution >= 4 is 5.97 Å².